The van der Waals surface area contributed by atoms with Gasteiger partial charge in [0, 0.05) is 6.04 Å². The summed E-state index contributed by atoms with van der Waals surface area (Å²) in [5, 5.41) is 11.4. The first kappa shape index (κ1) is 11.7. The van der Waals surface area contributed by atoms with Crippen molar-refractivity contribution in [2.24, 2.45) is 17.8 Å². The van der Waals surface area contributed by atoms with Crippen LogP contribution < -0.4 is 5.32 Å². The van der Waals surface area contributed by atoms with Crippen LogP contribution in [0.4, 0.5) is 4.79 Å². The highest BCUT2D eigenvalue weighted by molar-refractivity contribution is 5.67. The molecule has 4 atom stereocenters. The summed E-state index contributed by atoms with van der Waals surface area (Å²) >= 11 is 0. The van der Waals surface area contributed by atoms with Crippen LogP contribution in [-0.4, -0.2) is 30.5 Å². The molecule has 2 aliphatic rings. The largest absolute Gasteiger partial charge is 0.447 e. The van der Waals surface area contributed by atoms with E-state index in [1.54, 1.807) is 0 Å². The highest BCUT2D eigenvalue weighted by Gasteiger charge is 2.42. The number of carbonyl (C=O) groups is 1. The van der Waals surface area contributed by atoms with Crippen molar-refractivity contribution in [1.82, 2.24) is 5.32 Å². The second-order valence-corrected chi connectivity index (χ2v) is 5.13. The van der Waals surface area contributed by atoms with E-state index in [9.17, 15) is 4.79 Å². The molecule has 0 radical (unpaired) electrons. The first-order valence-electron chi connectivity index (χ1n) is 6.25. The van der Waals surface area contributed by atoms with Crippen LogP contribution in [0.15, 0.2) is 0 Å². The van der Waals surface area contributed by atoms with Crippen LogP contribution in [0.2, 0.25) is 0 Å². The molecule has 0 spiro atoms. The molecule has 92 valence electrons. The van der Waals surface area contributed by atoms with Crippen molar-refractivity contribution in [1.29, 1.82) is 0 Å². The Balaban J connectivity index is 1.75. The zero-order valence-corrected chi connectivity index (χ0v) is 9.82. The van der Waals surface area contributed by atoms with Crippen molar-refractivity contribution in [2.45, 2.75) is 38.6 Å². The fourth-order valence-corrected chi connectivity index (χ4v) is 3.38. The van der Waals surface area contributed by atoms with Crippen LogP contribution in [0, 0.1) is 17.8 Å². The number of aliphatic hydroxyl groups is 1. The molecule has 1 amide bonds. The molecule has 2 rings (SSSR count). The smallest absolute Gasteiger partial charge is 0.407 e. The Morgan fingerprint density at radius 3 is 2.88 bits per heavy atom. The van der Waals surface area contributed by atoms with Gasteiger partial charge in [0.15, 0.2) is 0 Å². The third-order valence-corrected chi connectivity index (χ3v) is 4.10. The second kappa shape index (κ2) is 5.04. The zero-order valence-electron chi connectivity index (χ0n) is 9.82. The van der Waals surface area contributed by atoms with Gasteiger partial charge in [-0.15, -0.1) is 0 Å². The first-order valence-corrected chi connectivity index (χ1v) is 6.25. The monoisotopic (exact) mass is 227 g/mol. The number of hydrogen-bond donors (Lipinski definition) is 2. The Hall–Kier alpha value is -0.770. The third-order valence-electron chi connectivity index (χ3n) is 4.10. The van der Waals surface area contributed by atoms with Gasteiger partial charge in [-0.2, -0.15) is 0 Å². The number of alkyl carbamates (subject to hydrolysis) is 1. The molecule has 0 aromatic heterocycles. The molecular weight excluding hydrogens is 206 g/mol. The van der Waals surface area contributed by atoms with Gasteiger partial charge in [-0.1, -0.05) is 6.42 Å². The number of aliphatic hydroxyl groups excluding tert-OH is 1. The molecule has 0 aromatic carbocycles. The minimum Gasteiger partial charge on any atom is -0.447 e. The minimum absolute atomic E-state index is 0.0786. The van der Waals surface area contributed by atoms with Crippen LogP contribution in [-0.2, 0) is 4.74 Å². The van der Waals surface area contributed by atoms with Gasteiger partial charge in [-0.25, -0.2) is 4.79 Å². The van der Waals surface area contributed by atoms with Gasteiger partial charge in [0.2, 0.25) is 0 Å². The molecule has 2 N–H and O–H groups in total. The van der Waals surface area contributed by atoms with Crippen molar-refractivity contribution < 1.29 is 14.6 Å². The topological polar surface area (TPSA) is 58.6 Å². The van der Waals surface area contributed by atoms with E-state index in [2.05, 4.69) is 12.2 Å². The summed E-state index contributed by atoms with van der Waals surface area (Å²) in [6, 6.07) is 0.196. The Kier molecular flexibility index (Phi) is 3.69. The minimum atomic E-state index is -0.399. The van der Waals surface area contributed by atoms with Gasteiger partial charge >= 0.3 is 6.09 Å². The fraction of sp³-hybridized carbons (Fsp3) is 0.917. The number of hydrogen-bond acceptors (Lipinski definition) is 3. The zero-order chi connectivity index (χ0) is 11.5. The van der Waals surface area contributed by atoms with E-state index in [-0.39, 0.29) is 19.3 Å². The third kappa shape index (κ3) is 2.48. The number of fused-ring (bicyclic) bond motifs is 2. The molecule has 2 saturated carbocycles. The summed E-state index contributed by atoms with van der Waals surface area (Å²) in [7, 11) is 0. The fourth-order valence-electron chi connectivity index (χ4n) is 3.38. The summed E-state index contributed by atoms with van der Waals surface area (Å²) in [5.74, 6) is 2.33. The summed E-state index contributed by atoms with van der Waals surface area (Å²) in [6.45, 7) is 2.02. The van der Waals surface area contributed by atoms with Gasteiger partial charge < -0.3 is 15.2 Å². The van der Waals surface area contributed by atoms with Crippen molar-refractivity contribution in [3.63, 3.8) is 0 Å². The van der Waals surface area contributed by atoms with Crippen molar-refractivity contribution >= 4 is 6.09 Å². The van der Waals surface area contributed by atoms with Crippen LogP contribution >= 0.6 is 0 Å². The maximum Gasteiger partial charge on any atom is 0.407 e. The lowest BCUT2D eigenvalue weighted by atomic mass is 9.84. The Morgan fingerprint density at radius 2 is 2.31 bits per heavy atom. The lowest BCUT2D eigenvalue weighted by Gasteiger charge is -2.28. The number of carbonyl (C=O) groups excluding carboxylic acids is 1. The van der Waals surface area contributed by atoms with Crippen molar-refractivity contribution in [2.75, 3.05) is 13.2 Å². The van der Waals surface area contributed by atoms with Gasteiger partial charge in [0.1, 0.15) is 6.61 Å². The average Bonchev–Trinajstić information content (AvgIpc) is 2.87. The van der Waals surface area contributed by atoms with E-state index in [0.717, 1.165) is 11.8 Å². The number of rotatable bonds is 4. The number of amides is 1. The van der Waals surface area contributed by atoms with E-state index < -0.39 is 6.09 Å². The maximum atomic E-state index is 11.3. The Bertz CT molecular complexity index is 257. The normalized spacial score (nSPS) is 33.8. The maximum absolute atomic E-state index is 11.3. The molecule has 4 nitrogen and oxygen atoms in total. The molecule has 2 aliphatic carbocycles. The lowest BCUT2D eigenvalue weighted by molar-refractivity contribution is 0.111. The van der Waals surface area contributed by atoms with Crippen LogP contribution in [0.3, 0.4) is 0 Å². The molecule has 2 fully saturated rings. The number of nitrogens with one attached hydrogen (secondary N) is 1. The van der Waals surface area contributed by atoms with Gasteiger partial charge in [0.25, 0.3) is 0 Å². The van der Waals surface area contributed by atoms with Crippen molar-refractivity contribution in [3.05, 3.63) is 0 Å². The molecule has 0 aliphatic heterocycles. The molecular formula is C12H21NO3. The SMILES string of the molecule is CC(NC(=O)OCCO)C1CC2CCC1C2. The molecule has 0 aromatic rings. The first-order chi connectivity index (χ1) is 7.70. The van der Waals surface area contributed by atoms with Gasteiger partial charge in [-0.3, -0.25) is 0 Å². The van der Waals surface area contributed by atoms with E-state index in [1.165, 1.54) is 25.7 Å². The molecule has 16 heavy (non-hydrogen) atoms. The van der Waals surface area contributed by atoms with Crippen LogP contribution in [0.25, 0.3) is 0 Å². The quantitative estimate of drug-likeness (QED) is 0.765. The van der Waals surface area contributed by atoms with Gasteiger partial charge in [-0.05, 0) is 43.9 Å². The van der Waals surface area contributed by atoms with E-state index in [0.29, 0.717) is 5.92 Å². The van der Waals surface area contributed by atoms with Crippen molar-refractivity contribution in [3.8, 4) is 0 Å². The van der Waals surface area contributed by atoms with Crippen LogP contribution in [0.5, 0.6) is 0 Å². The lowest BCUT2D eigenvalue weighted by Crippen LogP contribution is -2.40. The van der Waals surface area contributed by atoms with Gasteiger partial charge in [0.05, 0.1) is 6.61 Å². The summed E-state index contributed by atoms with van der Waals surface area (Å²) < 4.78 is 4.80. The highest BCUT2D eigenvalue weighted by atomic mass is 16.6. The van der Waals surface area contributed by atoms with E-state index >= 15 is 0 Å². The molecule has 4 unspecified atom stereocenters. The standard InChI is InChI=1S/C12H21NO3/c1-8(13-12(15)16-5-4-14)11-7-9-2-3-10(11)6-9/h8-11,14H,2-7H2,1H3,(H,13,15). The molecule has 0 saturated heterocycles. The summed E-state index contributed by atoms with van der Waals surface area (Å²) in [6.07, 6.45) is 4.91. The average molecular weight is 227 g/mol. The molecule has 4 heteroatoms. The molecule has 2 bridgehead atoms. The van der Waals surface area contributed by atoms with E-state index in [4.69, 9.17) is 9.84 Å². The number of ether oxygens (including phenoxy) is 1. The highest BCUT2D eigenvalue weighted by Crippen LogP contribution is 2.49. The second-order valence-electron chi connectivity index (χ2n) is 5.13. The predicted octanol–water partition coefficient (Wildman–Crippen LogP) is 1.53. The van der Waals surface area contributed by atoms with E-state index in [1.807, 2.05) is 0 Å². The summed E-state index contributed by atoms with van der Waals surface area (Å²) in [5.41, 5.74) is 0. The Morgan fingerprint density at radius 1 is 1.50 bits per heavy atom. The predicted molar refractivity (Wildman–Crippen MR) is 60.0 cm³/mol. The summed E-state index contributed by atoms with van der Waals surface area (Å²) in [4.78, 5) is 11.3. The Labute approximate surface area is 96.4 Å². The molecule has 0 heterocycles. The van der Waals surface area contributed by atoms with Crippen LogP contribution in [0.1, 0.15) is 32.6 Å².